The molecule has 0 N–H and O–H groups in total. The van der Waals surface area contributed by atoms with E-state index in [1.807, 2.05) is 0 Å². The highest BCUT2D eigenvalue weighted by Gasteiger charge is 2.31. The zero-order valence-corrected chi connectivity index (χ0v) is 10.9. The van der Waals surface area contributed by atoms with Crippen LogP contribution in [0.3, 0.4) is 0 Å². The molecule has 0 unspecified atom stereocenters. The van der Waals surface area contributed by atoms with Gasteiger partial charge in [-0.25, -0.2) is 4.98 Å². The van der Waals surface area contributed by atoms with Gasteiger partial charge in [0.05, 0.1) is 5.56 Å². The lowest BCUT2D eigenvalue weighted by Crippen LogP contribution is -2.31. The standard InChI is InChI=1S/C13H16ClN3/c1-9(2)8-17(11-3-4-11)13-12(14)10(7-15)5-6-16-13/h5-6,9,11H,3-4,8H2,1-2H3. The summed E-state index contributed by atoms with van der Waals surface area (Å²) in [5, 5.41) is 9.47. The predicted octanol–water partition coefficient (Wildman–Crippen LogP) is 3.23. The first-order valence-electron chi connectivity index (χ1n) is 5.94. The molecule has 1 aliphatic carbocycles. The molecular formula is C13H16ClN3. The summed E-state index contributed by atoms with van der Waals surface area (Å²) < 4.78 is 0. The number of hydrogen-bond acceptors (Lipinski definition) is 3. The fourth-order valence-corrected chi connectivity index (χ4v) is 2.17. The summed E-state index contributed by atoms with van der Waals surface area (Å²) in [5.41, 5.74) is 0.506. The molecule has 0 spiro atoms. The van der Waals surface area contributed by atoms with Crippen molar-refractivity contribution in [2.24, 2.45) is 5.92 Å². The SMILES string of the molecule is CC(C)CN(c1nccc(C#N)c1Cl)C1CC1. The Morgan fingerprint density at radius 3 is 2.82 bits per heavy atom. The van der Waals surface area contributed by atoms with Gasteiger partial charge in [0, 0.05) is 18.8 Å². The summed E-state index contributed by atoms with van der Waals surface area (Å²) in [6.07, 6.45) is 4.05. The fourth-order valence-electron chi connectivity index (χ4n) is 1.91. The lowest BCUT2D eigenvalue weighted by atomic mass is 10.2. The van der Waals surface area contributed by atoms with Crippen LogP contribution in [0.4, 0.5) is 5.82 Å². The maximum absolute atomic E-state index is 8.98. The molecule has 4 heteroatoms. The lowest BCUT2D eigenvalue weighted by Gasteiger charge is -2.26. The molecule has 1 heterocycles. The van der Waals surface area contributed by atoms with Gasteiger partial charge in [-0.1, -0.05) is 25.4 Å². The third-order valence-corrected chi connectivity index (χ3v) is 3.19. The average Bonchev–Trinajstić information content (AvgIpc) is 3.10. The van der Waals surface area contributed by atoms with E-state index in [1.54, 1.807) is 12.3 Å². The van der Waals surface area contributed by atoms with Crippen LogP contribution in [0.15, 0.2) is 12.3 Å². The molecule has 0 saturated heterocycles. The third-order valence-electron chi connectivity index (χ3n) is 2.81. The van der Waals surface area contributed by atoms with Crippen molar-refractivity contribution in [3.05, 3.63) is 22.8 Å². The minimum absolute atomic E-state index is 0.488. The van der Waals surface area contributed by atoms with E-state index in [1.165, 1.54) is 12.8 Å². The van der Waals surface area contributed by atoms with Gasteiger partial charge in [-0.15, -0.1) is 0 Å². The van der Waals surface area contributed by atoms with E-state index in [9.17, 15) is 0 Å². The van der Waals surface area contributed by atoms with Crippen LogP contribution in [0.25, 0.3) is 0 Å². The topological polar surface area (TPSA) is 39.9 Å². The zero-order chi connectivity index (χ0) is 12.4. The van der Waals surface area contributed by atoms with E-state index >= 15 is 0 Å². The van der Waals surface area contributed by atoms with E-state index in [2.05, 4.69) is 29.8 Å². The van der Waals surface area contributed by atoms with E-state index < -0.39 is 0 Å². The Balaban J connectivity index is 2.33. The first kappa shape index (κ1) is 12.2. The molecule has 1 aromatic rings. The van der Waals surface area contributed by atoms with Crippen LogP contribution in [-0.2, 0) is 0 Å². The van der Waals surface area contributed by atoms with Crippen molar-refractivity contribution in [2.45, 2.75) is 32.7 Å². The van der Waals surface area contributed by atoms with Gasteiger partial charge in [-0.2, -0.15) is 5.26 Å². The highest BCUT2D eigenvalue weighted by Crippen LogP contribution is 2.35. The Labute approximate surface area is 107 Å². The molecule has 1 aromatic heterocycles. The van der Waals surface area contributed by atoms with Crippen LogP contribution in [0.1, 0.15) is 32.3 Å². The van der Waals surface area contributed by atoms with Crippen LogP contribution in [0, 0.1) is 17.2 Å². The molecule has 1 saturated carbocycles. The monoisotopic (exact) mass is 249 g/mol. The van der Waals surface area contributed by atoms with Crippen LogP contribution in [0.2, 0.25) is 5.02 Å². The molecule has 0 radical (unpaired) electrons. The first-order chi connectivity index (χ1) is 8.13. The smallest absolute Gasteiger partial charge is 0.148 e. The molecular weight excluding hydrogens is 234 g/mol. The highest BCUT2D eigenvalue weighted by atomic mass is 35.5. The van der Waals surface area contributed by atoms with Gasteiger partial charge in [0.1, 0.15) is 16.9 Å². The lowest BCUT2D eigenvalue weighted by molar-refractivity contribution is 0.603. The van der Waals surface area contributed by atoms with Crippen LogP contribution in [0.5, 0.6) is 0 Å². The minimum atomic E-state index is 0.488. The minimum Gasteiger partial charge on any atom is -0.352 e. The van der Waals surface area contributed by atoms with Crippen molar-refractivity contribution in [3.63, 3.8) is 0 Å². The average molecular weight is 250 g/mol. The highest BCUT2D eigenvalue weighted by molar-refractivity contribution is 6.34. The zero-order valence-electron chi connectivity index (χ0n) is 10.2. The van der Waals surface area contributed by atoms with E-state index in [0.717, 1.165) is 12.4 Å². The number of nitriles is 1. The van der Waals surface area contributed by atoms with Crippen LogP contribution in [-0.4, -0.2) is 17.6 Å². The molecule has 0 aliphatic heterocycles. The van der Waals surface area contributed by atoms with Gasteiger partial charge in [0.2, 0.25) is 0 Å². The van der Waals surface area contributed by atoms with Gasteiger partial charge in [0.15, 0.2) is 0 Å². The first-order valence-corrected chi connectivity index (χ1v) is 6.32. The second-order valence-corrected chi connectivity index (χ2v) is 5.26. The quantitative estimate of drug-likeness (QED) is 0.823. The summed E-state index contributed by atoms with van der Waals surface area (Å²) in [4.78, 5) is 6.59. The van der Waals surface area contributed by atoms with Crippen molar-refractivity contribution >= 4 is 17.4 Å². The van der Waals surface area contributed by atoms with Gasteiger partial charge in [-0.3, -0.25) is 0 Å². The molecule has 1 aliphatic rings. The molecule has 1 fully saturated rings. The fraction of sp³-hybridized carbons (Fsp3) is 0.538. The number of pyridine rings is 1. The molecule has 0 amide bonds. The van der Waals surface area contributed by atoms with Gasteiger partial charge in [0.25, 0.3) is 0 Å². The number of anilines is 1. The Bertz CT molecular complexity index is 446. The Morgan fingerprint density at radius 1 is 1.59 bits per heavy atom. The third kappa shape index (κ3) is 2.70. The summed E-state index contributed by atoms with van der Waals surface area (Å²) in [7, 11) is 0. The summed E-state index contributed by atoms with van der Waals surface area (Å²) in [6.45, 7) is 5.29. The largest absolute Gasteiger partial charge is 0.352 e. The molecule has 0 aromatic carbocycles. The summed E-state index contributed by atoms with van der Waals surface area (Å²) >= 11 is 6.23. The second-order valence-electron chi connectivity index (χ2n) is 4.89. The Morgan fingerprint density at radius 2 is 2.29 bits per heavy atom. The Kier molecular flexibility index (Phi) is 3.54. The van der Waals surface area contributed by atoms with Crippen molar-refractivity contribution in [1.29, 1.82) is 5.26 Å². The van der Waals surface area contributed by atoms with E-state index in [4.69, 9.17) is 16.9 Å². The number of hydrogen-bond donors (Lipinski definition) is 0. The van der Waals surface area contributed by atoms with E-state index in [0.29, 0.717) is 22.5 Å². The number of nitrogens with zero attached hydrogens (tertiary/aromatic N) is 3. The normalized spacial score (nSPS) is 14.8. The molecule has 2 rings (SSSR count). The van der Waals surface area contributed by atoms with Crippen molar-refractivity contribution in [3.8, 4) is 6.07 Å². The van der Waals surface area contributed by atoms with Gasteiger partial charge >= 0.3 is 0 Å². The maximum atomic E-state index is 8.98. The van der Waals surface area contributed by atoms with Crippen LogP contribution >= 0.6 is 11.6 Å². The van der Waals surface area contributed by atoms with Crippen molar-refractivity contribution in [1.82, 2.24) is 4.98 Å². The van der Waals surface area contributed by atoms with Crippen molar-refractivity contribution in [2.75, 3.05) is 11.4 Å². The van der Waals surface area contributed by atoms with Crippen molar-refractivity contribution < 1.29 is 0 Å². The molecule has 3 nitrogen and oxygen atoms in total. The molecule has 0 bridgehead atoms. The van der Waals surface area contributed by atoms with Gasteiger partial charge in [-0.05, 0) is 24.8 Å². The summed E-state index contributed by atoms with van der Waals surface area (Å²) in [6, 6.07) is 4.32. The Hall–Kier alpha value is -1.27. The second kappa shape index (κ2) is 4.93. The number of halogens is 1. The molecule has 17 heavy (non-hydrogen) atoms. The molecule has 0 atom stereocenters. The summed E-state index contributed by atoms with van der Waals surface area (Å²) in [5.74, 6) is 1.32. The predicted molar refractivity (Wildman–Crippen MR) is 69.2 cm³/mol. The molecule has 90 valence electrons. The maximum Gasteiger partial charge on any atom is 0.148 e. The number of rotatable bonds is 4. The van der Waals surface area contributed by atoms with Crippen LogP contribution < -0.4 is 4.90 Å². The van der Waals surface area contributed by atoms with Gasteiger partial charge < -0.3 is 4.90 Å². The number of aromatic nitrogens is 1. The van der Waals surface area contributed by atoms with E-state index in [-0.39, 0.29) is 0 Å².